The second-order valence-corrected chi connectivity index (χ2v) is 22.8. The van der Waals surface area contributed by atoms with Gasteiger partial charge in [-0.2, -0.15) is 0 Å². The van der Waals surface area contributed by atoms with Crippen LogP contribution in [0.15, 0.2) is 72.9 Å². The van der Waals surface area contributed by atoms with Crippen molar-refractivity contribution in [3.05, 3.63) is 72.9 Å². The molecule has 11 nitrogen and oxygen atoms in total. The van der Waals surface area contributed by atoms with Gasteiger partial charge in [0.2, 0.25) is 5.91 Å². The second-order valence-electron chi connectivity index (χ2n) is 22.8. The highest BCUT2D eigenvalue weighted by Crippen LogP contribution is 2.26. The molecule has 0 aliphatic carbocycles. The summed E-state index contributed by atoms with van der Waals surface area (Å²) in [6, 6.07) is -1.03. The van der Waals surface area contributed by atoms with Crippen molar-refractivity contribution in [1.29, 1.82) is 0 Å². The molecule has 0 saturated carbocycles. The Labute approximate surface area is 490 Å². The van der Waals surface area contributed by atoms with E-state index in [9.17, 15) is 35.1 Å². The van der Waals surface area contributed by atoms with Gasteiger partial charge >= 0.3 is 5.97 Å². The molecule has 80 heavy (non-hydrogen) atoms. The van der Waals surface area contributed by atoms with Crippen molar-refractivity contribution in [3.8, 4) is 0 Å². The van der Waals surface area contributed by atoms with E-state index >= 15 is 0 Å². The number of carbonyl (C=O) groups excluding carboxylic acids is 2. The lowest BCUT2D eigenvalue weighted by atomic mass is 9.99. The molecule has 1 heterocycles. The fourth-order valence-corrected chi connectivity index (χ4v) is 10.0. The van der Waals surface area contributed by atoms with Crippen molar-refractivity contribution in [3.63, 3.8) is 0 Å². The van der Waals surface area contributed by atoms with Gasteiger partial charge in [0.1, 0.15) is 24.4 Å². The Morgan fingerprint density at radius 2 is 0.863 bits per heavy atom. The number of amides is 1. The van der Waals surface area contributed by atoms with Crippen LogP contribution in [0.3, 0.4) is 0 Å². The molecule has 0 aromatic rings. The van der Waals surface area contributed by atoms with E-state index in [1.807, 2.05) is 6.08 Å². The molecule has 6 N–H and O–H groups in total. The highest BCUT2D eigenvalue weighted by molar-refractivity contribution is 5.80. The summed E-state index contributed by atoms with van der Waals surface area (Å²) in [5, 5.41) is 57.1. The molecule has 0 aromatic heterocycles. The van der Waals surface area contributed by atoms with Gasteiger partial charge in [-0.05, 0) is 96.3 Å². The quantitative estimate of drug-likeness (QED) is 0.0195. The maximum atomic E-state index is 13.5. The van der Waals surface area contributed by atoms with Crippen molar-refractivity contribution < 1.29 is 49.3 Å². The highest BCUT2D eigenvalue weighted by Gasteiger charge is 2.47. The predicted octanol–water partition coefficient (Wildman–Crippen LogP) is 16.3. The summed E-state index contributed by atoms with van der Waals surface area (Å²) in [6.45, 7) is 5.76. The van der Waals surface area contributed by atoms with Crippen LogP contribution in [0.1, 0.15) is 290 Å². The number of carbonyl (C=O) groups is 2. The number of aliphatic hydroxyl groups is 5. The number of ether oxygens (including phenoxy) is 3. The molecule has 1 aliphatic heterocycles. The number of unbranched alkanes of at least 4 members (excludes halogenated alkanes) is 32. The maximum Gasteiger partial charge on any atom is 0.306 e. The molecule has 464 valence electrons. The lowest BCUT2D eigenvalue weighted by Gasteiger charge is -2.41. The number of hydrogen-bond donors (Lipinski definition) is 6. The van der Waals surface area contributed by atoms with Crippen LogP contribution in [0.4, 0.5) is 0 Å². The molecular weight excluding hydrogens is 1000 g/mol. The average molecular weight is 1130 g/mol. The lowest BCUT2D eigenvalue weighted by Crippen LogP contribution is -2.61. The Balaban J connectivity index is 2.65. The van der Waals surface area contributed by atoms with Crippen molar-refractivity contribution in [2.45, 2.75) is 339 Å². The molecule has 8 atom stereocenters. The molecule has 0 radical (unpaired) electrons. The number of esters is 1. The zero-order valence-electron chi connectivity index (χ0n) is 51.4. The monoisotopic (exact) mass is 1130 g/mol. The molecule has 1 aliphatic rings. The standard InChI is InChI=1S/C69H123NO10/c1-4-7-10-13-16-19-22-25-27-29-30-31-32-33-35-36-38-41-44-47-50-53-56-62(73)68(77)70-60(61(72)55-52-49-46-43-40-24-21-18-15-12-9-6-3)59-78-69-67(66(76)65(75)63(58-71)79-69)80-64(74)57-54-51-48-45-42-39-37-34-28-26-23-20-17-14-11-8-5-2/h16,19,25-28,30-31,33,35,52,55,60-63,65-67,69,71-73,75-76H,4-15,17-18,20-24,29,32,34,36-51,53-54,56-59H2,1-3H3,(H,70,77)/b19-16-,27-25-,28-26+,31-30-,35-33-,55-52+. The van der Waals surface area contributed by atoms with Gasteiger partial charge in [-0.3, -0.25) is 9.59 Å². The molecule has 1 saturated heterocycles. The SMILES string of the molecule is CCCCC/C=C\C/C=C\C/C=C\C/C=C\CCCCCCCCC(O)C(=O)NC(COC1OC(CO)C(O)C(O)C1OC(=O)CCCCCCCCC/C=C/CCCCCCCC)C(O)/C=C/CCCCCCCCCCCC. The van der Waals surface area contributed by atoms with Crippen LogP contribution >= 0.6 is 0 Å². The number of aliphatic hydroxyl groups excluding tert-OH is 5. The molecule has 8 unspecified atom stereocenters. The fraction of sp³-hybridized carbons (Fsp3) is 0.797. The van der Waals surface area contributed by atoms with Gasteiger partial charge in [0.25, 0.3) is 0 Å². The van der Waals surface area contributed by atoms with Gasteiger partial charge < -0.3 is 45.1 Å². The van der Waals surface area contributed by atoms with Crippen LogP contribution in [0.5, 0.6) is 0 Å². The Morgan fingerprint density at radius 1 is 0.487 bits per heavy atom. The van der Waals surface area contributed by atoms with E-state index in [0.717, 1.165) is 109 Å². The first-order valence-electron chi connectivity index (χ1n) is 33.2. The van der Waals surface area contributed by atoms with Crippen LogP contribution in [0.2, 0.25) is 0 Å². The maximum absolute atomic E-state index is 13.5. The van der Waals surface area contributed by atoms with Gasteiger partial charge in [-0.15, -0.1) is 0 Å². The van der Waals surface area contributed by atoms with Gasteiger partial charge in [-0.25, -0.2) is 0 Å². The Morgan fingerprint density at radius 3 is 1.32 bits per heavy atom. The number of nitrogens with one attached hydrogen (secondary N) is 1. The molecule has 11 heteroatoms. The van der Waals surface area contributed by atoms with Crippen molar-refractivity contribution in [1.82, 2.24) is 5.32 Å². The van der Waals surface area contributed by atoms with Gasteiger partial charge in [0.05, 0.1) is 25.4 Å². The summed E-state index contributed by atoms with van der Waals surface area (Å²) in [5.41, 5.74) is 0. The Hall–Kier alpha value is -2.90. The lowest BCUT2D eigenvalue weighted by molar-refractivity contribution is -0.305. The number of allylic oxidation sites excluding steroid dienone is 11. The van der Waals surface area contributed by atoms with Gasteiger partial charge in [-0.1, -0.05) is 261 Å². The Kier molecular flexibility index (Phi) is 53.1. The molecule has 1 amide bonds. The third kappa shape index (κ3) is 43.7. The topological polar surface area (TPSA) is 175 Å². The van der Waals surface area contributed by atoms with Crippen LogP contribution in [-0.2, 0) is 23.8 Å². The highest BCUT2D eigenvalue weighted by atomic mass is 16.7. The number of rotatable bonds is 56. The van der Waals surface area contributed by atoms with E-state index in [-0.39, 0.29) is 19.4 Å². The van der Waals surface area contributed by atoms with Crippen molar-refractivity contribution in [2.24, 2.45) is 0 Å². The molecular formula is C69H123NO10. The minimum atomic E-state index is -1.62. The van der Waals surface area contributed by atoms with Crippen LogP contribution in [0.25, 0.3) is 0 Å². The third-order valence-corrected chi connectivity index (χ3v) is 15.3. The first-order chi connectivity index (χ1) is 39.2. The summed E-state index contributed by atoms with van der Waals surface area (Å²) >= 11 is 0. The summed E-state index contributed by atoms with van der Waals surface area (Å²) in [4.78, 5) is 26.6. The fourth-order valence-electron chi connectivity index (χ4n) is 10.0. The molecule has 0 bridgehead atoms. The first-order valence-corrected chi connectivity index (χ1v) is 33.2. The van der Waals surface area contributed by atoms with Crippen LogP contribution < -0.4 is 5.32 Å². The largest absolute Gasteiger partial charge is 0.454 e. The minimum absolute atomic E-state index is 0.116. The third-order valence-electron chi connectivity index (χ3n) is 15.3. The van der Waals surface area contributed by atoms with Crippen molar-refractivity contribution in [2.75, 3.05) is 13.2 Å². The zero-order valence-corrected chi connectivity index (χ0v) is 51.4. The number of hydrogen-bond acceptors (Lipinski definition) is 10. The molecule has 1 rings (SSSR count). The van der Waals surface area contributed by atoms with E-state index in [1.54, 1.807) is 6.08 Å². The second kappa shape index (κ2) is 56.6. The first kappa shape index (κ1) is 75.1. The summed E-state index contributed by atoms with van der Waals surface area (Å²) < 4.78 is 17.6. The van der Waals surface area contributed by atoms with E-state index in [2.05, 4.69) is 86.8 Å². The normalized spacial score (nSPS) is 19.2. The van der Waals surface area contributed by atoms with E-state index in [4.69, 9.17) is 14.2 Å². The summed E-state index contributed by atoms with van der Waals surface area (Å²) in [6.07, 6.45) is 62.1. The van der Waals surface area contributed by atoms with E-state index in [1.165, 1.54) is 135 Å². The smallest absolute Gasteiger partial charge is 0.306 e. The summed E-state index contributed by atoms with van der Waals surface area (Å²) in [7, 11) is 0. The molecule has 1 fully saturated rings. The van der Waals surface area contributed by atoms with Gasteiger partial charge in [0.15, 0.2) is 12.4 Å². The zero-order chi connectivity index (χ0) is 58.2. The predicted molar refractivity (Wildman–Crippen MR) is 333 cm³/mol. The van der Waals surface area contributed by atoms with E-state index < -0.39 is 67.4 Å². The van der Waals surface area contributed by atoms with Crippen LogP contribution in [-0.4, -0.2) is 99.6 Å². The summed E-state index contributed by atoms with van der Waals surface area (Å²) in [5.74, 6) is -1.21. The van der Waals surface area contributed by atoms with E-state index in [0.29, 0.717) is 12.8 Å². The average Bonchev–Trinajstić information content (AvgIpc) is 3.48. The minimum Gasteiger partial charge on any atom is -0.454 e. The Bertz CT molecular complexity index is 1580. The van der Waals surface area contributed by atoms with Gasteiger partial charge in [0, 0.05) is 6.42 Å². The molecule has 0 spiro atoms. The molecule has 0 aromatic carbocycles. The van der Waals surface area contributed by atoms with Crippen molar-refractivity contribution >= 4 is 11.9 Å². The van der Waals surface area contributed by atoms with Crippen LogP contribution in [0, 0.1) is 0 Å².